The van der Waals surface area contributed by atoms with Gasteiger partial charge in [-0.3, -0.25) is 0 Å². The van der Waals surface area contributed by atoms with Gasteiger partial charge < -0.3 is 20.3 Å². The number of hydrogen-bond acceptors (Lipinski definition) is 4. The number of rotatable bonds is 7. The number of ether oxygens (including phenoxy) is 2. The Morgan fingerprint density at radius 3 is 2.19 bits per heavy atom. The molecule has 0 aliphatic carbocycles. The monoisotopic (exact) mass is 287 g/mol. The van der Waals surface area contributed by atoms with Gasteiger partial charge in [0.1, 0.15) is 12.7 Å². The topological polar surface area (TPSA) is 64.7 Å². The quantitative estimate of drug-likeness (QED) is 0.821. The first-order valence-electron chi connectivity index (χ1n) is 7.06. The summed E-state index contributed by atoms with van der Waals surface area (Å²) in [5.74, 6) is 1.32. The SMILES string of the molecule is CCOc1ccccc1OCC(O)c1ccc(CN)cc1. The first-order valence-corrected chi connectivity index (χ1v) is 7.06. The lowest BCUT2D eigenvalue weighted by Crippen LogP contribution is -2.10. The molecular formula is C17H21NO3. The molecule has 0 bridgehead atoms. The van der Waals surface area contributed by atoms with Gasteiger partial charge in [-0.2, -0.15) is 0 Å². The summed E-state index contributed by atoms with van der Waals surface area (Å²) in [5.41, 5.74) is 7.40. The fourth-order valence-corrected chi connectivity index (χ4v) is 1.98. The van der Waals surface area contributed by atoms with Crippen LogP contribution in [0.5, 0.6) is 11.5 Å². The van der Waals surface area contributed by atoms with Gasteiger partial charge in [-0.1, -0.05) is 36.4 Å². The van der Waals surface area contributed by atoms with Gasteiger partial charge in [0.15, 0.2) is 11.5 Å². The van der Waals surface area contributed by atoms with Crippen LogP contribution in [-0.2, 0) is 6.54 Å². The highest BCUT2D eigenvalue weighted by atomic mass is 16.5. The number of aliphatic hydroxyl groups excluding tert-OH is 1. The molecule has 4 nitrogen and oxygen atoms in total. The lowest BCUT2D eigenvalue weighted by Gasteiger charge is -2.15. The Morgan fingerprint density at radius 1 is 1.00 bits per heavy atom. The molecule has 0 saturated carbocycles. The Morgan fingerprint density at radius 2 is 1.62 bits per heavy atom. The van der Waals surface area contributed by atoms with Gasteiger partial charge in [0.2, 0.25) is 0 Å². The van der Waals surface area contributed by atoms with Crippen molar-refractivity contribution in [2.45, 2.75) is 19.6 Å². The average molecular weight is 287 g/mol. The van der Waals surface area contributed by atoms with E-state index in [2.05, 4.69) is 0 Å². The Hall–Kier alpha value is -2.04. The molecule has 1 unspecified atom stereocenters. The Balaban J connectivity index is 1.98. The molecule has 0 aliphatic rings. The maximum Gasteiger partial charge on any atom is 0.161 e. The lowest BCUT2D eigenvalue weighted by atomic mass is 10.1. The molecule has 2 aromatic carbocycles. The third-order valence-corrected chi connectivity index (χ3v) is 3.15. The van der Waals surface area contributed by atoms with Crippen molar-refractivity contribution in [3.8, 4) is 11.5 Å². The number of aliphatic hydroxyl groups is 1. The zero-order valence-corrected chi connectivity index (χ0v) is 12.2. The van der Waals surface area contributed by atoms with Crippen molar-refractivity contribution in [1.82, 2.24) is 0 Å². The van der Waals surface area contributed by atoms with Crippen LogP contribution in [0.25, 0.3) is 0 Å². The van der Waals surface area contributed by atoms with E-state index < -0.39 is 6.10 Å². The van der Waals surface area contributed by atoms with Gasteiger partial charge in [0.05, 0.1) is 6.61 Å². The first kappa shape index (κ1) is 15.4. The van der Waals surface area contributed by atoms with E-state index in [1.807, 2.05) is 55.5 Å². The van der Waals surface area contributed by atoms with Crippen molar-refractivity contribution in [2.75, 3.05) is 13.2 Å². The molecule has 0 aromatic heterocycles. The molecule has 3 N–H and O–H groups in total. The third kappa shape index (κ3) is 4.21. The predicted molar refractivity (Wildman–Crippen MR) is 82.4 cm³/mol. The molecule has 0 aliphatic heterocycles. The fourth-order valence-electron chi connectivity index (χ4n) is 1.98. The van der Waals surface area contributed by atoms with E-state index in [1.165, 1.54) is 0 Å². The number of benzene rings is 2. The van der Waals surface area contributed by atoms with Crippen LogP contribution in [0, 0.1) is 0 Å². The van der Waals surface area contributed by atoms with Crippen molar-refractivity contribution >= 4 is 0 Å². The second-order valence-corrected chi connectivity index (χ2v) is 4.65. The molecule has 0 fully saturated rings. The average Bonchev–Trinajstić information content (AvgIpc) is 2.54. The first-order chi connectivity index (χ1) is 10.2. The second kappa shape index (κ2) is 7.67. The molecule has 0 spiro atoms. The minimum Gasteiger partial charge on any atom is -0.490 e. The van der Waals surface area contributed by atoms with E-state index in [4.69, 9.17) is 15.2 Å². The van der Waals surface area contributed by atoms with Crippen molar-refractivity contribution in [3.63, 3.8) is 0 Å². The summed E-state index contributed by atoms with van der Waals surface area (Å²) in [6.07, 6.45) is -0.688. The van der Waals surface area contributed by atoms with Crippen molar-refractivity contribution < 1.29 is 14.6 Å². The standard InChI is InChI=1S/C17H21NO3/c1-2-20-16-5-3-4-6-17(16)21-12-15(19)14-9-7-13(11-18)8-10-14/h3-10,15,19H,2,11-12,18H2,1H3. The summed E-state index contributed by atoms with van der Waals surface area (Å²) in [4.78, 5) is 0. The summed E-state index contributed by atoms with van der Waals surface area (Å²) in [5, 5.41) is 10.2. The van der Waals surface area contributed by atoms with Crippen LogP contribution in [-0.4, -0.2) is 18.3 Å². The van der Waals surface area contributed by atoms with Gasteiger partial charge in [-0.05, 0) is 30.2 Å². The molecule has 0 saturated heterocycles. The zero-order chi connectivity index (χ0) is 15.1. The Bertz CT molecular complexity index is 554. The smallest absolute Gasteiger partial charge is 0.161 e. The summed E-state index contributed by atoms with van der Waals surface area (Å²) in [6.45, 7) is 3.16. The van der Waals surface area contributed by atoms with E-state index in [9.17, 15) is 5.11 Å². The van der Waals surface area contributed by atoms with E-state index in [1.54, 1.807) is 0 Å². The maximum absolute atomic E-state index is 10.2. The van der Waals surface area contributed by atoms with Gasteiger partial charge in [0.25, 0.3) is 0 Å². The normalized spacial score (nSPS) is 12.0. The molecule has 2 aromatic rings. The van der Waals surface area contributed by atoms with Crippen LogP contribution in [0.4, 0.5) is 0 Å². The zero-order valence-electron chi connectivity index (χ0n) is 12.2. The van der Waals surface area contributed by atoms with Gasteiger partial charge in [-0.15, -0.1) is 0 Å². The molecule has 112 valence electrons. The Labute approximate surface area is 125 Å². The molecule has 2 rings (SSSR count). The van der Waals surface area contributed by atoms with Gasteiger partial charge in [-0.25, -0.2) is 0 Å². The molecule has 21 heavy (non-hydrogen) atoms. The number of para-hydroxylation sites is 2. The molecule has 4 heteroatoms. The van der Waals surface area contributed by atoms with Crippen molar-refractivity contribution in [3.05, 3.63) is 59.7 Å². The number of nitrogens with two attached hydrogens (primary N) is 1. The summed E-state index contributed by atoms with van der Waals surface area (Å²) >= 11 is 0. The van der Waals surface area contributed by atoms with E-state index in [0.29, 0.717) is 24.7 Å². The summed E-state index contributed by atoms with van der Waals surface area (Å²) in [6, 6.07) is 15.0. The van der Waals surface area contributed by atoms with Crippen molar-refractivity contribution in [2.24, 2.45) is 5.73 Å². The van der Waals surface area contributed by atoms with E-state index >= 15 is 0 Å². The highest BCUT2D eigenvalue weighted by Gasteiger charge is 2.10. The predicted octanol–water partition coefficient (Wildman–Crippen LogP) is 2.66. The summed E-state index contributed by atoms with van der Waals surface area (Å²) in [7, 11) is 0. The fraction of sp³-hybridized carbons (Fsp3) is 0.294. The molecular weight excluding hydrogens is 266 g/mol. The largest absolute Gasteiger partial charge is 0.490 e. The van der Waals surface area contributed by atoms with E-state index in [-0.39, 0.29) is 6.61 Å². The molecule has 0 heterocycles. The Kier molecular flexibility index (Phi) is 5.60. The maximum atomic E-state index is 10.2. The number of hydrogen-bond donors (Lipinski definition) is 2. The minimum atomic E-state index is -0.688. The molecule has 1 atom stereocenters. The second-order valence-electron chi connectivity index (χ2n) is 4.65. The van der Waals surface area contributed by atoms with E-state index in [0.717, 1.165) is 11.1 Å². The van der Waals surface area contributed by atoms with Gasteiger partial charge in [0, 0.05) is 6.54 Å². The van der Waals surface area contributed by atoms with Crippen LogP contribution in [0.1, 0.15) is 24.2 Å². The summed E-state index contributed by atoms with van der Waals surface area (Å²) < 4.78 is 11.1. The highest BCUT2D eigenvalue weighted by Crippen LogP contribution is 2.27. The van der Waals surface area contributed by atoms with Crippen LogP contribution >= 0.6 is 0 Å². The van der Waals surface area contributed by atoms with Crippen LogP contribution < -0.4 is 15.2 Å². The third-order valence-electron chi connectivity index (χ3n) is 3.15. The molecule has 0 amide bonds. The minimum absolute atomic E-state index is 0.173. The highest BCUT2D eigenvalue weighted by molar-refractivity contribution is 5.39. The lowest BCUT2D eigenvalue weighted by molar-refractivity contribution is 0.106. The molecule has 0 radical (unpaired) electrons. The van der Waals surface area contributed by atoms with Crippen LogP contribution in [0.2, 0.25) is 0 Å². The van der Waals surface area contributed by atoms with Gasteiger partial charge >= 0.3 is 0 Å². The van der Waals surface area contributed by atoms with Crippen molar-refractivity contribution in [1.29, 1.82) is 0 Å². The van der Waals surface area contributed by atoms with Crippen LogP contribution in [0.3, 0.4) is 0 Å². The van der Waals surface area contributed by atoms with Crippen LogP contribution in [0.15, 0.2) is 48.5 Å².